The molecule has 28 heavy (non-hydrogen) atoms. The van der Waals surface area contributed by atoms with Crippen molar-refractivity contribution in [2.75, 3.05) is 31.2 Å². The maximum absolute atomic E-state index is 13.2. The highest BCUT2D eigenvalue weighted by molar-refractivity contribution is 5.95. The number of aryl methyl sites for hydroxylation is 1. The van der Waals surface area contributed by atoms with Crippen LogP contribution in [-0.2, 0) is 11.3 Å². The summed E-state index contributed by atoms with van der Waals surface area (Å²) in [5, 5.41) is 3.84. The third-order valence-electron chi connectivity index (χ3n) is 5.41. The molecule has 8 nitrogen and oxygen atoms in total. The molecule has 5 rings (SSSR count). The molecule has 3 aromatic rings. The number of morpholine rings is 1. The first-order valence-corrected chi connectivity index (χ1v) is 9.28. The number of nitrogens with zero attached hydrogens (tertiary/aromatic N) is 4. The van der Waals surface area contributed by atoms with E-state index in [1.54, 1.807) is 18.0 Å². The summed E-state index contributed by atoms with van der Waals surface area (Å²) >= 11 is 0. The second-order valence-electron chi connectivity index (χ2n) is 7.04. The molecule has 1 atom stereocenters. The number of carbonyl (C=O) groups excluding carboxylic acids is 1. The van der Waals surface area contributed by atoms with E-state index in [1.807, 2.05) is 0 Å². The molecule has 0 spiro atoms. The van der Waals surface area contributed by atoms with Crippen molar-refractivity contribution in [1.29, 1.82) is 0 Å². The maximum atomic E-state index is 13.2. The van der Waals surface area contributed by atoms with Crippen molar-refractivity contribution in [3.8, 4) is 0 Å². The first-order valence-electron chi connectivity index (χ1n) is 9.28. The Morgan fingerprint density at radius 3 is 2.82 bits per heavy atom. The fourth-order valence-corrected chi connectivity index (χ4v) is 3.97. The monoisotopic (exact) mass is 380 g/mol. The van der Waals surface area contributed by atoms with Gasteiger partial charge in [-0.3, -0.25) is 4.79 Å². The first-order chi connectivity index (χ1) is 13.7. The summed E-state index contributed by atoms with van der Waals surface area (Å²) in [5.41, 5.74) is 4.34. The van der Waals surface area contributed by atoms with Crippen molar-refractivity contribution in [3.05, 3.63) is 65.2 Å². The Morgan fingerprint density at radius 1 is 1.25 bits per heavy atom. The number of carbonyl (C=O) groups is 1. The van der Waals surface area contributed by atoms with E-state index in [1.165, 1.54) is 12.7 Å². The van der Waals surface area contributed by atoms with E-state index in [4.69, 9.17) is 13.7 Å². The Morgan fingerprint density at radius 2 is 2.11 bits per heavy atom. The summed E-state index contributed by atoms with van der Waals surface area (Å²) in [5.74, 6) is 0.504. The predicted octanol–water partition coefficient (Wildman–Crippen LogP) is 2.55. The molecule has 0 unspecified atom stereocenters. The van der Waals surface area contributed by atoms with E-state index in [-0.39, 0.29) is 11.9 Å². The number of oxazole rings is 1. The number of anilines is 1. The van der Waals surface area contributed by atoms with Gasteiger partial charge in [0.25, 0.3) is 5.91 Å². The van der Waals surface area contributed by atoms with Gasteiger partial charge in [-0.15, -0.1) is 0 Å². The summed E-state index contributed by atoms with van der Waals surface area (Å²) in [4.78, 5) is 21.4. The number of hydrogen-bond acceptors (Lipinski definition) is 7. The first kappa shape index (κ1) is 17.0. The molecule has 1 fully saturated rings. The van der Waals surface area contributed by atoms with Gasteiger partial charge in [-0.05, 0) is 30.2 Å². The topological polar surface area (TPSA) is 84.8 Å². The third kappa shape index (κ3) is 2.77. The minimum absolute atomic E-state index is 0.135. The second-order valence-corrected chi connectivity index (χ2v) is 7.04. The molecule has 0 saturated carbocycles. The van der Waals surface area contributed by atoms with Gasteiger partial charge in [0.2, 0.25) is 0 Å². The van der Waals surface area contributed by atoms with Gasteiger partial charge < -0.3 is 23.5 Å². The zero-order valence-electron chi connectivity index (χ0n) is 15.5. The summed E-state index contributed by atoms with van der Waals surface area (Å²) < 4.78 is 16.0. The van der Waals surface area contributed by atoms with Crippen LogP contribution in [0, 0.1) is 6.92 Å². The van der Waals surface area contributed by atoms with E-state index >= 15 is 0 Å². The van der Waals surface area contributed by atoms with Crippen molar-refractivity contribution in [2.24, 2.45) is 0 Å². The molecule has 1 aromatic carbocycles. The molecule has 0 N–H and O–H groups in total. The molecule has 1 amide bonds. The summed E-state index contributed by atoms with van der Waals surface area (Å²) in [6.45, 7) is 5.45. The van der Waals surface area contributed by atoms with E-state index in [0.717, 1.165) is 43.1 Å². The fourth-order valence-electron chi connectivity index (χ4n) is 3.97. The van der Waals surface area contributed by atoms with Crippen LogP contribution in [0.3, 0.4) is 0 Å². The van der Waals surface area contributed by atoms with Gasteiger partial charge in [0.05, 0.1) is 25.1 Å². The minimum Gasteiger partial charge on any atom is -0.446 e. The number of aromatic nitrogens is 2. The fraction of sp³-hybridized carbons (Fsp3) is 0.350. The number of rotatable bonds is 3. The molecule has 2 aromatic heterocycles. The van der Waals surface area contributed by atoms with Gasteiger partial charge in [-0.25, -0.2) is 4.98 Å². The lowest BCUT2D eigenvalue weighted by atomic mass is 10.0. The van der Waals surface area contributed by atoms with Crippen LogP contribution in [-0.4, -0.2) is 47.3 Å². The highest BCUT2D eigenvalue weighted by Gasteiger charge is 2.38. The molecule has 8 heteroatoms. The van der Waals surface area contributed by atoms with Gasteiger partial charge in [0.15, 0.2) is 12.2 Å². The van der Waals surface area contributed by atoms with Crippen LogP contribution in [0.5, 0.6) is 0 Å². The van der Waals surface area contributed by atoms with Crippen molar-refractivity contribution in [1.82, 2.24) is 15.0 Å². The molecule has 144 valence electrons. The van der Waals surface area contributed by atoms with Gasteiger partial charge in [-0.1, -0.05) is 11.2 Å². The summed E-state index contributed by atoms with van der Waals surface area (Å²) in [6.07, 6.45) is 4.45. The number of hydrogen-bond donors (Lipinski definition) is 0. The Hall–Kier alpha value is -3.13. The summed E-state index contributed by atoms with van der Waals surface area (Å²) in [7, 11) is 0. The molecule has 0 radical (unpaired) electrons. The standard InChI is InChI=1S/C20H20N4O4/c1-13-17(11-28-22-13)20(25)24-10-14-8-15(23-4-6-26-7-5-23)2-3-16(14)19(24)18-9-21-12-27-18/h2-3,8-9,11-12,19H,4-7,10H2,1H3/t19-/m1/s1. The van der Waals surface area contributed by atoms with Gasteiger partial charge in [0, 0.05) is 25.3 Å². The molecule has 0 bridgehead atoms. The van der Waals surface area contributed by atoms with Gasteiger partial charge in [0.1, 0.15) is 17.9 Å². The Balaban J connectivity index is 1.53. The zero-order chi connectivity index (χ0) is 19.1. The molecule has 4 heterocycles. The lowest BCUT2D eigenvalue weighted by Crippen LogP contribution is -2.36. The third-order valence-corrected chi connectivity index (χ3v) is 5.41. The van der Waals surface area contributed by atoms with Crippen LogP contribution >= 0.6 is 0 Å². The highest BCUT2D eigenvalue weighted by atomic mass is 16.5. The smallest absolute Gasteiger partial charge is 0.260 e. The van der Waals surface area contributed by atoms with Crippen molar-refractivity contribution in [2.45, 2.75) is 19.5 Å². The second kappa shape index (κ2) is 6.79. The number of amides is 1. The van der Waals surface area contributed by atoms with Gasteiger partial charge >= 0.3 is 0 Å². The Bertz CT molecular complexity index is 992. The molecule has 0 aliphatic carbocycles. The lowest BCUT2D eigenvalue weighted by Gasteiger charge is -2.29. The van der Waals surface area contributed by atoms with Crippen molar-refractivity contribution >= 4 is 11.6 Å². The molecule has 1 saturated heterocycles. The average molecular weight is 380 g/mol. The maximum Gasteiger partial charge on any atom is 0.260 e. The SMILES string of the molecule is Cc1nocc1C(=O)N1Cc2cc(N3CCOCC3)ccc2[C@@H]1c1cnco1. The number of ether oxygens (including phenoxy) is 1. The average Bonchev–Trinajstić information content (AvgIpc) is 3.46. The molecule has 2 aliphatic rings. The van der Waals surface area contributed by atoms with Crippen LogP contribution in [0.4, 0.5) is 5.69 Å². The van der Waals surface area contributed by atoms with E-state index in [2.05, 4.69) is 33.2 Å². The quantitative estimate of drug-likeness (QED) is 0.690. The largest absolute Gasteiger partial charge is 0.446 e. The summed E-state index contributed by atoms with van der Waals surface area (Å²) in [6, 6.07) is 6.03. The Kier molecular flexibility index (Phi) is 4.12. The van der Waals surface area contributed by atoms with Gasteiger partial charge in [-0.2, -0.15) is 0 Å². The van der Waals surface area contributed by atoms with E-state index < -0.39 is 0 Å². The molecular weight excluding hydrogens is 360 g/mol. The van der Waals surface area contributed by atoms with Crippen LogP contribution in [0.2, 0.25) is 0 Å². The lowest BCUT2D eigenvalue weighted by molar-refractivity contribution is 0.0702. The van der Waals surface area contributed by atoms with Crippen molar-refractivity contribution < 1.29 is 18.5 Å². The number of benzene rings is 1. The number of fused-ring (bicyclic) bond motifs is 1. The Labute approximate surface area is 161 Å². The normalized spacial score (nSPS) is 19.1. The molecule has 2 aliphatic heterocycles. The predicted molar refractivity (Wildman–Crippen MR) is 98.9 cm³/mol. The molecular formula is C20H20N4O4. The van der Waals surface area contributed by atoms with Crippen molar-refractivity contribution in [3.63, 3.8) is 0 Å². The zero-order valence-corrected chi connectivity index (χ0v) is 15.5. The highest BCUT2D eigenvalue weighted by Crippen LogP contribution is 2.41. The van der Waals surface area contributed by atoms with Crippen LogP contribution in [0.15, 0.2) is 46.0 Å². The van der Waals surface area contributed by atoms with Crippen LogP contribution in [0.25, 0.3) is 0 Å². The van der Waals surface area contributed by atoms with E-state index in [9.17, 15) is 4.79 Å². The van der Waals surface area contributed by atoms with Crippen LogP contribution in [0.1, 0.15) is 39.0 Å². The van der Waals surface area contributed by atoms with Crippen LogP contribution < -0.4 is 4.90 Å². The van der Waals surface area contributed by atoms with E-state index in [0.29, 0.717) is 23.6 Å². The minimum atomic E-state index is -0.321.